The standard InChI is InChI=1S/3C38H22N8/c1-3-16-31-25(10-1)29-14-7-21-40-35(29)45(31)37-42-34(28-13-5-12-27-24(28)19-18-23-9-6-20-39-33(23)27)43-38(44-37)46-32-17-4-2-11-26(32)30-15-8-22-41-36(30)46;1-2-14-27-24(11-1)30(22-23-10-7-19-39-33(23)27)34-42-37(45-31-17-5-3-12-25(31)28-15-8-20-40-35(28)45)44-38(43-34)46-32-18-6-4-13-26(32)29-16-9-21-41-36(29)46;1-2-11-24-23(10-1)22-30(27-14-7-19-39-33(24)27)34-42-37(45-31-17-5-3-12-25(31)28-15-8-20-40-35(28)45)44-38(43-34)46-32-18-6-4-13-26(32)29-16-9-21-41-36(29)46/h3*1-22H. The molecule has 24 heteroatoms. The number of para-hydroxylation sites is 6. The van der Waals surface area contributed by atoms with Gasteiger partial charge in [0, 0.05) is 169 Å². The summed E-state index contributed by atoms with van der Waals surface area (Å²) < 4.78 is 12.2. The predicted octanol–water partition coefficient (Wildman–Crippen LogP) is 24.7. The van der Waals surface area contributed by atoms with Gasteiger partial charge in [-0.2, -0.15) is 44.9 Å². The maximum absolute atomic E-state index is 5.22. The molecular weight excluding hydrogens is 1710 g/mol. The van der Waals surface area contributed by atoms with E-state index in [9.17, 15) is 0 Å². The Morgan fingerprint density at radius 1 is 0.138 bits per heavy atom. The molecule has 30 rings (SSSR count). The SMILES string of the molecule is c1ccc2c(c1)cc(-c1nc(-n3c4ccccc4c4cccnc43)nc(-n3c4ccccc4c4cccnc43)n1)c1cccnc12.c1cnc2c(c1)cc(-c1nc(-n3c4ccccc4c4cccnc43)nc(-n3c4ccccc4c4cccnc43)n1)c1ccccc12.c1cnc2c(c1)ccc1c(-c3nc(-n4c5ccccc5c5cccnc54)nc(-n4c5ccccc5c5cccnc54)n3)cccc12. The number of hydrogen-bond acceptors (Lipinski definition) is 18. The molecule has 0 amide bonds. The second-order valence-corrected chi connectivity index (χ2v) is 33.8. The van der Waals surface area contributed by atoms with E-state index in [-0.39, 0.29) is 0 Å². The zero-order valence-electron chi connectivity index (χ0n) is 72.8. The van der Waals surface area contributed by atoms with Gasteiger partial charge >= 0.3 is 0 Å². The molecule has 18 aromatic heterocycles. The van der Waals surface area contributed by atoms with Gasteiger partial charge in [-0.25, -0.2) is 29.9 Å². The van der Waals surface area contributed by atoms with Crippen LogP contribution in [0.4, 0.5) is 0 Å². The van der Waals surface area contributed by atoms with Crippen molar-refractivity contribution >= 4 is 197 Å². The molecule has 642 valence electrons. The first-order valence-corrected chi connectivity index (χ1v) is 45.2. The van der Waals surface area contributed by atoms with Crippen molar-refractivity contribution in [3.8, 4) is 69.9 Å². The first-order chi connectivity index (χ1) is 68.5. The molecule has 0 atom stereocenters. The topological polar surface area (TPSA) is 262 Å². The first-order valence-electron chi connectivity index (χ1n) is 45.2. The fourth-order valence-corrected chi connectivity index (χ4v) is 20.3. The van der Waals surface area contributed by atoms with E-state index in [1.54, 1.807) is 37.2 Å². The van der Waals surface area contributed by atoms with Crippen LogP contribution in [0.25, 0.3) is 266 Å². The Morgan fingerprint density at radius 3 is 0.746 bits per heavy atom. The smallest absolute Gasteiger partial charge is 0.241 e. The quantitative estimate of drug-likeness (QED) is 0.122. The van der Waals surface area contributed by atoms with Gasteiger partial charge in [0.25, 0.3) is 0 Å². The molecule has 0 aliphatic carbocycles. The molecule has 30 aromatic rings. The Morgan fingerprint density at radius 2 is 0.377 bits per heavy atom. The monoisotopic (exact) mass is 1770 g/mol. The lowest BCUT2D eigenvalue weighted by Crippen LogP contribution is -2.11. The molecule has 0 fully saturated rings. The van der Waals surface area contributed by atoms with E-state index in [2.05, 4.69) is 188 Å². The maximum atomic E-state index is 5.22. The number of pyridine rings is 9. The Labute approximate surface area is 780 Å². The second kappa shape index (κ2) is 31.0. The maximum Gasteiger partial charge on any atom is 0.241 e. The van der Waals surface area contributed by atoms with Crippen LogP contribution in [0.15, 0.2) is 402 Å². The lowest BCUT2D eigenvalue weighted by Gasteiger charge is -2.14. The minimum absolute atomic E-state index is 0.469. The molecule has 0 radical (unpaired) electrons. The van der Waals surface area contributed by atoms with Crippen molar-refractivity contribution in [1.29, 1.82) is 0 Å². The third-order valence-electron chi connectivity index (χ3n) is 26.2. The summed E-state index contributed by atoms with van der Waals surface area (Å²) in [5.41, 5.74) is 15.9. The lowest BCUT2D eigenvalue weighted by atomic mass is 10.00. The molecule has 0 spiro atoms. The number of fused-ring (bicyclic) bond motifs is 27. The summed E-state index contributed by atoms with van der Waals surface area (Å²) in [6.07, 6.45) is 16.3. The van der Waals surface area contributed by atoms with E-state index in [1.807, 2.05) is 204 Å². The summed E-state index contributed by atoms with van der Waals surface area (Å²) in [5.74, 6) is 4.46. The Kier molecular flexibility index (Phi) is 17.3. The zero-order valence-corrected chi connectivity index (χ0v) is 72.8. The molecule has 18 heterocycles. The van der Waals surface area contributed by atoms with Crippen molar-refractivity contribution < 1.29 is 0 Å². The van der Waals surface area contributed by atoms with Gasteiger partial charge in [-0.15, -0.1) is 0 Å². The second-order valence-electron chi connectivity index (χ2n) is 33.8. The largest absolute Gasteiger partial charge is 0.262 e. The molecular formula is C114H66N24. The molecule has 0 aliphatic heterocycles. The van der Waals surface area contributed by atoms with E-state index in [1.165, 1.54) is 0 Å². The van der Waals surface area contributed by atoms with Crippen molar-refractivity contribution in [2.75, 3.05) is 0 Å². The normalized spacial score (nSPS) is 11.9. The van der Waals surface area contributed by atoms with E-state index in [0.717, 1.165) is 213 Å². The molecule has 12 aromatic carbocycles. The van der Waals surface area contributed by atoms with Crippen molar-refractivity contribution in [3.63, 3.8) is 0 Å². The minimum Gasteiger partial charge on any atom is -0.262 e. The van der Waals surface area contributed by atoms with Gasteiger partial charge in [0.15, 0.2) is 17.5 Å². The number of aromatic nitrogens is 24. The average molecular weight is 1770 g/mol. The van der Waals surface area contributed by atoms with Crippen LogP contribution in [0.1, 0.15) is 0 Å². The molecule has 0 bridgehead atoms. The Balaban J connectivity index is 0.000000102. The van der Waals surface area contributed by atoms with Crippen LogP contribution < -0.4 is 0 Å². The van der Waals surface area contributed by atoms with Crippen LogP contribution in [-0.4, -0.2) is 117 Å². The number of nitrogens with zero attached hydrogens (tertiary/aromatic N) is 24. The lowest BCUT2D eigenvalue weighted by molar-refractivity contribution is 0.884. The third-order valence-corrected chi connectivity index (χ3v) is 26.2. The van der Waals surface area contributed by atoms with Gasteiger partial charge in [-0.3, -0.25) is 42.4 Å². The molecule has 0 saturated carbocycles. The highest BCUT2D eigenvalue weighted by Gasteiger charge is 2.29. The molecule has 0 saturated heterocycles. The predicted molar refractivity (Wildman–Crippen MR) is 547 cm³/mol. The van der Waals surface area contributed by atoms with Crippen molar-refractivity contribution in [2.24, 2.45) is 0 Å². The van der Waals surface area contributed by atoms with Crippen LogP contribution in [0.5, 0.6) is 0 Å². The Hall–Kier alpha value is -19.6. The fraction of sp³-hybridized carbons (Fsp3) is 0. The summed E-state index contributed by atoms with van der Waals surface area (Å²) in [7, 11) is 0. The van der Waals surface area contributed by atoms with E-state index >= 15 is 0 Å². The van der Waals surface area contributed by atoms with Crippen LogP contribution in [0, 0.1) is 0 Å². The highest BCUT2D eigenvalue weighted by molar-refractivity contribution is 6.17. The van der Waals surface area contributed by atoms with Crippen LogP contribution in [0.3, 0.4) is 0 Å². The first kappa shape index (κ1) is 77.2. The molecule has 0 aliphatic rings. The zero-order chi connectivity index (χ0) is 90.6. The number of hydrogen-bond donors (Lipinski definition) is 0. The highest BCUT2D eigenvalue weighted by Crippen LogP contribution is 2.43. The summed E-state index contributed by atoms with van der Waals surface area (Å²) >= 11 is 0. The summed E-state index contributed by atoms with van der Waals surface area (Å²) in [6, 6.07) is 117. The van der Waals surface area contributed by atoms with Gasteiger partial charge in [0.05, 0.1) is 49.7 Å². The van der Waals surface area contributed by atoms with E-state index in [4.69, 9.17) is 89.7 Å². The molecule has 0 unspecified atom stereocenters. The fourth-order valence-electron chi connectivity index (χ4n) is 20.3. The Bertz CT molecular complexity index is 9200. The third kappa shape index (κ3) is 12.1. The summed E-state index contributed by atoms with van der Waals surface area (Å²) in [5, 5.41) is 21.9. The number of benzene rings is 12. The van der Waals surface area contributed by atoms with Crippen molar-refractivity contribution in [1.82, 2.24) is 117 Å². The van der Waals surface area contributed by atoms with Gasteiger partial charge < -0.3 is 0 Å². The average Bonchev–Trinajstić information content (AvgIpc) is 1.61. The molecule has 138 heavy (non-hydrogen) atoms. The van der Waals surface area contributed by atoms with Gasteiger partial charge in [-0.05, 0) is 156 Å². The van der Waals surface area contributed by atoms with Crippen LogP contribution in [0.2, 0.25) is 0 Å². The van der Waals surface area contributed by atoms with E-state index < -0.39 is 0 Å². The van der Waals surface area contributed by atoms with Crippen molar-refractivity contribution in [3.05, 3.63) is 402 Å². The molecule has 24 nitrogen and oxygen atoms in total. The van der Waals surface area contributed by atoms with E-state index in [0.29, 0.717) is 53.2 Å². The molecule has 0 N–H and O–H groups in total. The van der Waals surface area contributed by atoms with Gasteiger partial charge in [0.2, 0.25) is 35.7 Å². The van der Waals surface area contributed by atoms with Crippen LogP contribution in [-0.2, 0) is 0 Å². The number of rotatable bonds is 9. The van der Waals surface area contributed by atoms with Crippen LogP contribution >= 0.6 is 0 Å². The van der Waals surface area contributed by atoms with Gasteiger partial charge in [-0.1, -0.05) is 206 Å². The minimum atomic E-state index is 0.469. The highest BCUT2D eigenvalue weighted by atomic mass is 15.3. The summed E-state index contributed by atoms with van der Waals surface area (Å²) in [6.45, 7) is 0. The van der Waals surface area contributed by atoms with Crippen molar-refractivity contribution in [2.45, 2.75) is 0 Å². The summed E-state index contributed by atoms with van der Waals surface area (Å²) in [4.78, 5) is 89.9. The van der Waals surface area contributed by atoms with Gasteiger partial charge in [0.1, 0.15) is 33.9 Å².